The van der Waals surface area contributed by atoms with Crippen LogP contribution in [0.15, 0.2) is 46.8 Å². The molecule has 1 unspecified atom stereocenters. The van der Waals surface area contributed by atoms with Gasteiger partial charge in [-0.2, -0.15) is 0 Å². The molecule has 1 saturated heterocycles. The molecule has 0 bridgehead atoms. The number of thiazole rings is 1. The standard InChI is InChI=1S/C21H21N3O3S2/c1-13-4-2-3-5-16(13)20(26)23-14-6-7-17-18(10-14)29-21(24-17)28-12-19(25)22-15-8-9-27-11-15/h2-7,10,15H,8-9,11-12H2,1H3,(H,22,25)(H,23,26). The van der Waals surface area contributed by atoms with Gasteiger partial charge in [0.1, 0.15) is 0 Å². The minimum Gasteiger partial charge on any atom is -0.379 e. The Labute approximate surface area is 177 Å². The quantitative estimate of drug-likeness (QED) is 0.584. The van der Waals surface area contributed by atoms with Gasteiger partial charge < -0.3 is 15.4 Å². The Balaban J connectivity index is 1.39. The Bertz CT molecular complexity index is 1040. The van der Waals surface area contributed by atoms with E-state index >= 15 is 0 Å². The average molecular weight is 428 g/mol. The number of carbonyl (C=O) groups excluding carboxylic acids is 2. The maximum atomic E-state index is 12.5. The SMILES string of the molecule is Cc1ccccc1C(=O)Nc1ccc2nc(SCC(=O)NC3CCOC3)sc2c1. The van der Waals surface area contributed by atoms with E-state index in [2.05, 4.69) is 15.6 Å². The monoisotopic (exact) mass is 427 g/mol. The first-order chi connectivity index (χ1) is 14.1. The molecule has 8 heteroatoms. The summed E-state index contributed by atoms with van der Waals surface area (Å²) in [7, 11) is 0. The number of hydrogen-bond donors (Lipinski definition) is 2. The topological polar surface area (TPSA) is 80.3 Å². The number of anilines is 1. The van der Waals surface area contributed by atoms with Crippen LogP contribution in [-0.2, 0) is 9.53 Å². The second kappa shape index (κ2) is 8.94. The van der Waals surface area contributed by atoms with Gasteiger partial charge in [-0.3, -0.25) is 9.59 Å². The molecule has 4 rings (SSSR count). The summed E-state index contributed by atoms with van der Waals surface area (Å²) >= 11 is 2.94. The number of fused-ring (bicyclic) bond motifs is 1. The van der Waals surface area contributed by atoms with Gasteiger partial charge >= 0.3 is 0 Å². The number of ether oxygens (including phenoxy) is 1. The summed E-state index contributed by atoms with van der Waals surface area (Å²) in [5, 5.41) is 5.93. The van der Waals surface area contributed by atoms with E-state index in [4.69, 9.17) is 4.74 Å². The van der Waals surface area contributed by atoms with Crippen molar-refractivity contribution in [1.82, 2.24) is 10.3 Å². The number of thioether (sulfide) groups is 1. The van der Waals surface area contributed by atoms with Crippen molar-refractivity contribution in [2.75, 3.05) is 24.3 Å². The zero-order valence-corrected chi connectivity index (χ0v) is 17.6. The van der Waals surface area contributed by atoms with Crippen LogP contribution < -0.4 is 10.6 Å². The van der Waals surface area contributed by atoms with E-state index in [1.807, 2.05) is 49.4 Å². The molecule has 1 aliphatic heterocycles. The van der Waals surface area contributed by atoms with Crippen LogP contribution in [0.1, 0.15) is 22.3 Å². The van der Waals surface area contributed by atoms with Crippen molar-refractivity contribution in [2.24, 2.45) is 0 Å². The first-order valence-electron chi connectivity index (χ1n) is 9.36. The largest absolute Gasteiger partial charge is 0.379 e. The van der Waals surface area contributed by atoms with E-state index in [1.165, 1.54) is 23.1 Å². The Morgan fingerprint density at radius 1 is 1.28 bits per heavy atom. The predicted molar refractivity (Wildman–Crippen MR) is 117 cm³/mol. The van der Waals surface area contributed by atoms with Crippen molar-refractivity contribution < 1.29 is 14.3 Å². The molecule has 1 aliphatic rings. The summed E-state index contributed by atoms with van der Waals surface area (Å²) < 4.78 is 7.08. The Morgan fingerprint density at radius 3 is 2.93 bits per heavy atom. The van der Waals surface area contributed by atoms with Gasteiger partial charge in [-0.15, -0.1) is 11.3 Å². The van der Waals surface area contributed by atoms with Crippen molar-refractivity contribution in [3.05, 3.63) is 53.6 Å². The summed E-state index contributed by atoms with van der Waals surface area (Å²) in [6, 6.07) is 13.3. The van der Waals surface area contributed by atoms with Crippen molar-refractivity contribution >= 4 is 50.8 Å². The molecule has 1 aromatic heterocycles. The lowest BCUT2D eigenvalue weighted by Crippen LogP contribution is -2.36. The highest BCUT2D eigenvalue weighted by molar-refractivity contribution is 8.01. The Morgan fingerprint density at radius 2 is 2.14 bits per heavy atom. The van der Waals surface area contributed by atoms with Gasteiger partial charge in [0.05, 0.1) is 28.6 Å². The van der Waals surface area contributed by atoms with E-state index in [-0.39, 0.29) is 17.9 Å². The van der Waals surface area contributed by atoms with Crippen LogP contribution in [0.5, 0.6) is 0 Å². The second-order valence-electron chi connectivity index (χ2n) is 6.85. The van der Waals surface area contributed by atoms with Gasteiger partial charge in [0.25, 0.3) is 5.91 Å². The third-order valence-corrected chi connectivity index (χ3v) is 6.80. The fourth-order valence-electron chi connectivity index (χ4n) is 3.11. The normalized spacial score (nSPS) is 16.1. The molecule has 3 aromatic rings. The van der Waals surface area contributed by atoms with Gasteiger partial charge in [-0.25, -0.2) is 4.98 Å². The Hall–Kier alpha value is -2.42. The van der Waals surface area contributed by atoms with E-state index < -0.39 is 0 Å². The van der Waals surface area contributed by atoms with Crippen molar-refractivity contribution in [2.45, 2.75) is 23.7 Å². The first-order valence-corrected chi connectivity index (χ1v) is 11.2. The van der Waals surface area contributed by atoms with Crippen LogP contribution in [0.3, 0.4) is 0 Å². The number of rotatable bonds is 6. The highest BCUT2D eigenvalue weighted by Gasteiger charge is 2.18. The fraction of sp³-hybridized carbons (Fsp3) is 0.286. The first kappa shape index (κ1) is 19.9. The van der Waals surface area contributed by atoms with Gasteiger partial charge in [-0.1, -0.05) is 30.0 Å². The number of benzene rings is 2. The number of nitrogens with zero attached hydrogens (tertiary/aromatic N) is 1. The van der Waals surface area contributed by atoms with E-state index in [0.717, 1.165) is 32.2 Å². The summed E-state index contributed by atoms with van der Waals surface area (Å²) in [6.07, 6.45) is 0.870. The van der Waals surface area contributed by atoms with E-state index in [1.54, 1.807) is 0 Å². The van der Waals surface area contributed by atoms with Crippen LogP contribution >= 0.6 is 23.1 Å². The summed E-state index contributed by atoms with van der Waals surface area (Å²) in [4.78, 5) is 29.2. The number of aryl methyl sites for hydroxylation is 1. The minimum absolute atomic E-state index is 0.00376. The van der Waals surface area contributed by atoms with Crippen LogP contribution in [-0.4, -0.2) is 41.8 Å². The lowest BCUT2D eigenvalue weighted by Gasteiger charge is -2.09. The molecule has 6 nitrogen and oxygen atoms in total. The molecule has 2 aromatic carbocycles. The molecule has 0 spiro atoms. The lowest BCUT2D eigenvalue weighted by molar-refractivity contribution is -0.119. The predicted octanol–water partition coefficient (Wildman–Crippen LogP) is 3.85. The zero-order chi connectivity index (χ0) is 20.2. The lowest BCUT2D eigenvalue weighted by atomic mass is 10.1. The van der Waals surface area contributed by atoms with Crippen LogP contribution in [0.2, 0.25) is 0 Å². The van der Waals surface area contributed by atoms with Gasteiger partial charge in [0.2, 0.25) is 5.91 Å². The Kier molecular flexibility index (Phi) is 6.13. The van der Waals surface area contributed by atoms with Gasteiger partial charge in [-0.05, 0) is 43.2 Å². The highest BCUT2D eigenvalue weighted by atomic mass is 32.2. The van der Waals surface area contributed by atoms with Crippen molar-refractivity contribution in [3.8, 4) is 0 Å². The molecular weight excluding hydrogens is 406 g/mol. The smallest absolute Gasteiger partial charge is 0.255 e. The molecule has 2 N–H and O–H groups in total. The van der Waals surface area contributed by atoms with E-state index in [0.29, 0.717) is 24.5 Å². The molecule has 29 heavy (non-hydrogen) atoms. The third kappa shape index (κ3) is 4.95. The molecule has 0 saturated carbocycles. The minimum atomic E-state index is -0.130. The summed E-state index contributed by atoms with van der Waals surface area (Å²) in [6.45, 7) is 3.22. The van der Waals surface area contributed by atoms with Crippen LogP contribution in [0.4, 0.5) is 5.69 Å². The fourth-order valence-corrected chi connectivity index (χ4v) is 5.03. The van der Waals surface area contributed by atoms with Gasteiger partial charge in [0.15, 0.2) is 4.34 Å². The second-order valence-corrected chi connectivity index (χ2v) is 9.10. The maximum Gasteiger partial charge on any atom is 0.255 e. The maximum absolute atomic E-state index is 12.5. The summed E-state index contributed by atoms with van der Waals surface area (Å²) in [5.74, 6) is 0.192. The van der Waals surface area contributed by atoms with E-state index in [9.17, 15) is 9.59 Å². The zero-order valence-electron chi connectivity index (χ0n) is 15.9. The molecule has 0 radical (unpaired) electrons. The number of nitrogens with one attached hydrogen (secondary N) is 2. The highest BCUT2D eigenvalue weighted by Crippen LogP contribution is 2.31. The molecular formula is C21H21N3O3S2. The molecule has 1 fully saturated rings. The number of amides is 2. The van der Waals surface area contributed by atoms with Crippen LogP contribution in [0.25, 0.3) is 10.2 Å². The molecule has 2 heterocycles. The molecule has 0 aliphatic carbocycles. The third-order valence-electron chi connectivity index (χ3n) is 4.64. The number of carbonyl (C=O) groups is 2. The molecule has 150 valence electrons. The number of aromatic nitrogens is 1. The van der Waals surface area contributed by atoms with Crippen molar-refractivity contribution in [1.29, 1.82) is 0 Å². The molecule has 1 atom stereocenters. The summed E-state index contributed by atoms with van der Waals surface area (Å²) in [5.41, 5.74) is 3.18. The molecule has 2 amide bonds. The van der Waals surface area contributed by atoms with Crippen LogP contribution in [0, 0.1) is 6.92 Å². The average Bonchev–Trinajstić information content (AvgIpc) is 3.35. The number of hydrogen-bond acceptors (Lipinski definition) is 6. The van der Waals surface area contributed by atoms with Crippen molar-refractivity contribution in [3.63, 3.8) is 0 Å². The van der Waals surface area contributed by atoms with Gasteiger partial charge in [0, 0.05) is 17.9 Å².